The Morgan fingerprint density at radius 2 is 1.72 bits per heavy atom. The lowest BCUT2D eigenvalue weighted by Gasteiger charge is -2.21. The van der Waals surface area contributed by atoms with Gasteiger partial charge in [-0.2, -0.15) is 0 Å². The van der Waals surface area contributed by atoms with Crippen molar-refractivity contribution in [3.8, 4) is 11.5 Å². The highest BCUT2D eigenvalue weighted by molar-refractivity contribution is 6.03. The topological polar surface area (TPSA) is 76.6 Å². The van der Waals surface area contributed by atoms with Crippen molar-refractivity contribution in [2.24, 2.45) is 0 Å². The van der Waals surface area contributed by atoms with Crippen molar-refractivity contribution in [3.05, 3.63) is 66.0 Å². The molecule has 7 heteroatoms. The lowest BCUT2D eigenvalue weighted by Crippen LogP contribution is -2.22. The summed E-state index contributed by atoms with van der Waals surface area (Å²) in [6.45, 7) is 4.53. The lowest BCUT2D eigenvalue weighted by atomic mass is 10.2. The van der Waals surface area contributed by atoms with E-state index in [2.05, 4.69) is 15.3 Å². The minimum Gasteiger partial charge on any atom is -0.493 e. The van der Waals surface area contributed by atoms with Gasteiger partial charge in [-0.25, -0.2) is 9.97 Å². The summed E-state index contributed by atoms with van der Waals surface area (Å²) in [5, 5.41) is 2.85. The second-order valence-electron chi connectivity index (χ2n) is 6.30. The van der Waals surface area contributed by atoms with Crippen molar-refractivity contribution in [1.82, 2.24) is 9.97 Å². The number of aryl methyl sites for hydroxylation is 1. The molecule has 0 saturated heterocycles. The molecule has 0 aliphatic rings. The Bertz CT molecular complexity index is 993. The van der Waals surface area contributed by atoms with Crippen LogP contribution >= 0.6 is 0 Å². The van der Waals surface area contributed by atoms with E-state index >= 15 is 0 Å². The smallest absolute Gasteiger partial charge is 0.274 e. The molecule has 1 amide bonds. The number of ether oxygens (including phenoxy) is 2. The number of rotatable bonds is 7. The van der Waals surface area contributed by atoms with Gasteiger partial charge in [-0.1, -0.05) is 18.2 Å². The van der Waals surface area contributed by atoms with Gasteiger partial charge in [0.2, 0.25) is 5.95 Å². The van der Waals surface area contributed by atoms with Crippen LogP contribution < -0.4 is 19.7 Å². The van der Waals surface area contributed by atoms with Gasteiger partial charge < -0.3 is 19.7 Å². The number of amides is 1. The molecular formula is C22H24N4O3. The predicted molar refractivity (Wildman–Crippen MR) is 113 cm³/mol. The predicted octanol–water partition coefficient (Wildman–Crippen LogP) is 4.21. The number of benzene rings is 2. The Kier molecular flexibility index (Phi) is 6.29. The molecule has 1 N–H and O–H groups in total. The van der Waals surface area contributed by atoms with Crippen molar-refractivity contribution >= 4 is 23.2 Å². The number of nitrogens with zero attached hydrogens (tertiary/aromatic N) is 3. The fourth-order valence-electron chi connectivity index (χ4n) is 2.95. The van der Waals surface area contributed by atoms with Crippen LogP contribution in [0.1, 0.15) is 23.1 Å². The zero-order valence-electron chi connectivity index (χ0n) is 17.0. The highest BCUT2D eigenvalue weighted by atomic mass is 16.5. The lowest BCUT2D eigenvalue weighted by molar-refractivity contribution is 0.102. The minimum absolute atomic E-state index is 0.289. The second kappa shape index (κ2) is 9.05. The number of hydrogen-bond donors (Lipinski definition) is 1. The van der Waals surface area contributed by atoms with Crippen molar-refractivity contribution in [2.45, 2.75) is 13.8 Å². The molecule has 0 aliphatic carbocycles. The molecule has 29 heavy (non-hydrogen) atoms. The van der Waals surface area contributed by atoms with E-state index in [1.54, 1.807) is 38.5 Å². The number of anilines is 3. The quantitative estimate of drug-likeness (QED) is 0.649. The standard InChI is InChI=1S/C22H24N4O3/c1-5-26(17-9-7-6-8-10-17)22-23-15(2)13-18(25-22)21(27)24-16-11-12-19(28-3)20(14-16)29-4/h6-14H,5H2,1-4H3,(H,24,27). The average molecular weight is 392 g/mol. The van der Waals surface area contributed by atoms with Crippen LogP contribution in [-0.2, 0) is 0 Å². The van der Waals surface area contributed by atoms with E-state index in [1.165, 1.54) is 0 Å². The van der Waals surface area contributed by atoms with Gasteiger partial charge in [-0.15, -0.1) is 0 Å². The van der Waals surface area contributed by atoms with Crippen LogP contribution in [0, 0.1) is 6.92 Å². The summed E-state index contributed by atoms with van der Waals surface area (Å²) >= 11 is 0. The van der Waals surface area contributed by atoms with E-state index in [4.69, 9.17) is 9.47 Å². The first-order chi connectivity index (χ1) is 14.0. The third-order valence-corrected chi connectivity index (χ3v) is 4.34. The Balaban J connectivity index is 1.88. The Morgan fingerprint density at radius 1 is 1.00 bits per heavy atom. The van der Waals surface area contributed by atoms with Gasteiger partial charge in [0, 0.05) is 29.7 Å². The molecular weight excluding hydrogens is 368 g/mol. The Hall–Kier alpha value is -3.61. The number of carbonyl (C=O) groups is 1. The van der Waals surface area contributed by atoms with Crippen LogP contribution in [0.3, 0.4) is 0 Å². The first-order valence-corrected chi connectivity index (χ1v) is 9.27. The van der Waals surface area contributed by atoms with Gasteiger partial charge in [-0.05, 0) is 44.2 Å². The van der Waals surface area contributed by atoms with E-state index in [9.17, 15) is 4.79 Å². The maximum atomic E-state index is 12.8. The molecule has 0 bridgehead atoms. The van der Waals surface area contributed by atoms with E-state index in [-0.39, 0.29) is 11.6 Å². The zero-order valence-corrected chi connectivity index (χ0v) is 17.0. The maximum Gasteiger partial charge on any atom is 0.274 e. The number of para-hydroxylation sites is 1. The summed E-state index contributed by atoms with van der Waals surface area (Å²) in [6.07, 6.45) is 0. The second-order valence-corrected chi connectivity index (χ2v) is 6.30. The molecule has 0 saturated carbocycles. The molecule has 0 atom stereocenters. The zero-order chi connectivity index (χ0) is 20.8. The monoisotopic (exact) mass is 392 g/mol. The highest BCUT2D eigenvalue weighted by Gasteiger charge is 2.16. The molecule has 0 radical (unpaired) electrons. The third kappa shape index (κ3) is 4.63. The molecule has 0 unspecified atom stereocenters. The molecule has 0 spiro atoms. The summed E-state index contributed by atoms with van der Waals surface area (Å²) in [5.74, 6) is 1.28. The number of carbonyl (C=O) groups excluding carboxylic acids is 1. The van der Waals surface area contributed by atoms with Crippen LogP contribution in [0.25, 0.3) is 0 Å². The van der Waals surface area contributed by atoms with E-state index in [0.29, 0.717) is 35.4 Å². The highest BCUT2D eigenvalue weighted by Crippen LogP contribution is 2.30. The summed E-state index contributed by atoms with van der Waals surface area (Å²) in [4.78, 5) is 23.8. The fraction of sp³-hybridized carbons (Fsp3) is 0.227. The van der Waals surface area contributed by atoms with Crippen LogP contribution in [0.5, 0.6) is 11.5 Å². The molecule has 2 aromatic carbocycles. The van der Waals surface area contributed by atoms with Gasteiger partial charge in [-0.3, -0.25) is 4.79 Å². The van der Waals surface area contributed by atoms with Crippen molar-refractivity contribution < 1.29 is 14.3 Å². The SMILES string of the molecule is CCN(c1ccccc1)c1nc(C)cc(C(=O)Nc2ccc(OC)c(OC)c2)n1. The Morgan fingerprint density at radius 3 is 2.38 bits per heavy atom. The molecule has 0 fully saturated rings. The van der Waals surface area contributed by atoms with Crippen molar-refractivity contribution in [3.63, 3.8) is 0 Å². The molecule has 3 aromatic rings. The van der Waals surface area contributed by atoms with Crippen molar-refractivity contribution in [2.75, 3.05) is 31.0 Å². The van der Waals surface area contributed by atoms with E-state index in [1.807, 2.05) is 49.1 Å². The molecule has 150 valence electrons. The number of nitrogens with one attached hydrogen (secondary N) is 1. The van der Waals surface area contributed by atoms with E-state index < -0.39 is 0 Å². The normalized spacial score (nSPS) is 10.3. The van der Waals surface area contributed by atoms with Crippen molar-refractivity contribution in [1.29, 1.82) is 0 Å². The largest absolute Gasteiger partial charge is 0.493 e. The van der Waals surface area contributed by atoms with Crippen LogP contribution in [0.15, 0.2) is 54.6 Å². The molecule has 1 aromatic heterocycles. The van der Waals surface area contributed by atoms with Crippen LogP contribution in [0.4, 0.5) is 17.3 Å². The number of hydrogen-bond acceptors (Lipinski definition) is 6. The maximum absolute atomic E-state index is 12.8. The van der Waals surface area contributed by atoms with E-state index in [0.717, 1.165) is 5.69 Å². The summed E-state index contributed by atoms with van der Waals surface area (Å²) < 4.78 is 10.5. The summed E-state index contributed by atoms with van der Waals surface area (Å²) in [5.41, 5.74) is 2.55. The average Bonchev–Trinajstić information content (AvgIpc) is 2.74. The van der Waals surface area contributed by atoms with Gasteiger partial charge >= 0.3 is 0 Å². The van der Waals surface area contributed by atoms with Crippen LogP contribution in [-0.4, -0.2) is 36.6 Å². The first kappa shape index (κ1) is 20.1. The number of methoxy groups -OCH3 is 2. The third-order valence-electron chi connectivity index (χ3n) is 4.34. The molecule has 0 aliphatic heterocycles. The fourth-order valence-corrected chi connectivity index (χ4v) is 2.95. The summed E-state index contributed by atoms with van der Waals surface area (Å²) in [7, 11) is 3.11. The molecule has 7 nitrogen and oxygen atoms in total. The molecule has 1 heterocycles. The molecule has 3 rings (SSSR count). The Labute approximate surface area is 170 Å². The van der Waals surface area contributed by atoms with Crippen LogP contribution in [0.2, 0.25) is 0 Å². The van der Waals surface area contributed by atoms with Gasteiger partial charge in [0.05, 0.1) is 14.2 Å². The summed E-state index contributed by atoms with van der Waals surface area (Å²) in [6, 6.07) is 16.7. The minimum atomic E-state index is -0.326. The first-order valence-electron chi connectivity index (χ1n) is 9.27. The van der Waals surface area contributed by atoms with Gasteiger partial charge in [0.1, 0.15) is 5.69 Å². The van der Waals surface area contributed by atoms with Gasteiger partial charge in [0.15, 0.2) is 11.5 Å². The van der Waals surface area contributed by atoms with Gasteiger partial charge in [0.25, 0.3) is 5.91 Å². The number of aromatic nitrogens is 2.